The zero-order chi connectivity index (χ0) is 14.3. The highest BCUT2D eigenvalue weighted by Crippen LogP contribution is 2.23. The topological polar surface area (TPSA) is 42.8 Å². The van der Waals surface area contributed by atoms with Gasteiger partial charge in [-0.1, -0.05) is 6.07 Å². The van der Waals surface area contributed by atoms with Gasteiger partial charge in [0.1, 0.15) is 5.82 Å². The van der Waals surface area contributed by atoms with Crippen molar-refractivity contribution in [1.29, 1.82) is 0 Å². The van der Waals surface area contributed by atoms with Crippen molar-refractivity contribution in [3.8, 4) is 11.6 Å². The van der Waals surface area contributed by atoms with E-state index in [-0.39, 0.29) is 5.82 Å². The monoisotopic (exact) mass is 289 g/mol. The van der Waals surface area contributed by atoms with Gasteiger partial charge in [0.15, 0.2) is 10.4 Å². The predicted octanol–water partition coefficient (Wildman–Crippen LogP) is 3.54. The molecule has 2 aromatic heterocycles. The molecule has 3 rings (SSSR count). The van der Waals surface area contributed by atoms with E-state index < -0.39 is 0 Å². The first-order valence-electron chi connectivity index (χ1n) is 6.02. The Morgan fingerprint density at radius 3 is 2.80 bits per heavy atom. The average Bonchev–Trinajstić information content (AvgIpc) is 2.74. The lowest BCUT2D eigenvalue weighted by Crippen LogP contribution is -2.00. The van der Waals surface area contributed by atoms with Gasteiger partial charge in [0.2, 0.25) is 5.88 Å². The summed E-state index contributed by atoms with van der Waals surface area (Å²) in [4.78, 5) is 7.34. The second kappa shape index (κ2) is 4.72. The van der Waals surface area contributed by atoms with Crippen LogP contribution in [0.4, 0.5) is 4.39 Å². The largest absolute Gasteiger partial charge is 0.481 e. The summed E-state index contributed by atoms with van der Waals surface area (Å²) >= 11 is 5.27. The molecule has 1 aromatic carbocycles. The van der Waals surface area contributed by atoms with Crippen LogP contribution in [0.5, 0.6) is 5.88 Å². The van der Waals surface area contributed by atoms with Gasteiger partial charge in [-0.15, -0.1) is 0 Å². The maximum Gasteiger partial charge on any atom is 0.215 e. The zero-order valence-corrected chi connectivity index (χ0v) is 11.8. The van der Waals surface area contributed by atoms with Gasteiger partial charge in [0, 0.05) is 6.07 Å². The number of rotatable bonds is 2. The summed E-state index contributed by atoms with van der Waals surface area (Å²) in [5.41, 5.74) is 2.49. The third kappa shape index (κ3) is 1.98. The number of aromatic nitrogens is 3. The van der Waals surface area contributed by atoms with Gasteiger partial charge in [-0.3, -0.25) is 4.57 Å². The van der Waals surface area contributed by atoms with Crippen molar-refractivity contribution in [3.05, 3.63) is 46.5 Å². The molecule has 4 nitrogen and oxygen atoms in total. The highest BCUT2D eigenvalue weighted by atomic mass is 32.1. The number of nitrogens with zero attached hydrogens (tertiary/aromatic N) is 2. The number of methoxy groups -OCH3 is 1. The molecule has 0 amide bonds. The van der Waals surface area contributed by atoms with E-state index in [4.69, 9.17) is 17.0 Å². The van der Waals surface area contributed by atoms with Crippen LogP contribution in [0.1, 0.15) is 5.56 Å². The first-order chi connectivity index (χ1) is 9.60. The van der Waals surface area contributed by atoms with Gasteiger partial charge in [0.25, 0.3) is 0 Å². The second-order valence-electron chi connectivity index (χ2n) is 4.45. The van der Waals surface area contributed by atoms with Crippen LogP contribution in [-0.2, 0) is 0 Å². The third-order valence-electron chi connectivity index (χ3n) is 3.06. The standard InChI is InChI=1S/C14H12FN3OS/c1-8-3-5-11(9(15)7-8)18-13-10(16-14(18)20)4-6-12(17-13)19-2/h3-7H,1-2H3,(H,16,20). The Labute approximate surface area is 119 Å². The fraction of sp³-hybridized carbons (Fsp3) is 0.143. The first kappa shape index (κ1) is 12.8. The van der Waals surface area contributed by atoms with Crippen LogP contribution in [0.2, 0.25) is 0 Å². The molecule has 2 heterocycles. The van der Waals surface area contributed by atoms with Crippen LogP contribution >= 0.6 is 12.2 Å². The lowest BCUT2D eigenvalue weighted by molar-refractivity contribution is 0.399. The van der Waals surface area contributed by atoms with E-state index in [1.165, 1.54) is 13.2 Å². The van der Waals surface area contributed by atoms with E-state index in [0.29, 0.717) is 22.0 Å². The van der Waals surface area contributed by atoms with E-state index in [9.17, 15) is 4.39 Å². The van der Waals surface area contributed by atoms with Crippen molar-refractivity contribution >= 4 is 23.4 Å². The van der Waals surface area contributed by atoms with E-state index in [1.807, 2.05) is 13.0 Å². The molecule has 20 heavy (non-hydrogen) atoms. The minimum Gasteiger partial charge on any atom is -0.481 e. The van der Waals surface area contributed by atoms with Gasteiger partial charge in [-0.25, -0.2) is 4.39 Å². The fourth-order valence-corrected chi connectivity index (χ4v) is 2.39. The van der Waals surface area contributed by atoms with Crippen molar-refractivity contribution in [1.82, 2.24) is 14.5 Å². The van der Waals surface area contributed by atoms with Crippen LogP contribution in [-0.4, -0.2) is 21.6 Å². The minimum absolute atomic E-state index is 0.341. The maximum absolute atomic E-state index is 14.2. The molecule has 0 spiro atoms. The second-order valence-corrected chi connectivity index (χ2v) is 4.83. The van der Waals surface area contributed by atoms with Crippen LogP contribution in [0.25, 0.3) is 16.9 Å². The Morgan fingerprint density at radius 1 is 1.30 bits per heavy atom. The average molecular weight is 289 g/mol. The number of H-pyrrole nitrogens is 1. The summed E-state index contributed by atoms with van der Waals surface area (Å²) in [6.07, 6.45) is 0. The van der Waals surface area contributed by atoms with Crippen molar-refractivity contribution < 1.29 is 9.13 Å². The molecule has 102 valence electrons. The summed E-state index contributed by atoms with van der Waals surface area (Å²) in [6.45, 7) is 1.84. The van der Waals surface area contributed by atoms with Crippen LogP contribution < -0.4 is 4.74 Å². The molecular formula is C14H12FN3OS. The molecule has 0 aliphatic rings. The lowest BCUT2D eigenvalue weighted by atomic mass is 10.2. The Bertz CT molecular complexity index is 853. The Kier molecular flexibility index (Phi) is 3.02. The predicted molar refractivity (Wildman–Crippen MR) is 77.5 cm³/mol. The van der Waals surface area contributed by atoms with Crippen LogP contribution in [0.3, 0.4) is 0 Å². The quantitative estimate of drug-likeness (QED) is 0.734. The summed E-state index contributed by atoms with van der Waals surface area (Å²) in [7, 11) is 1.53. The number of aromatic amines is 1. The smallest absolute Gasteiger partial charge is 0.215 e. The molecular weight excluding hydrogens is 277 g/mol. The Balaban J connectivity index is 2.34. The SMILES string of the molecule is COc1ccc2[nH]c(=S)n(-c3ccc(C)cc3F)c2n1. The zero-order valence-electron chi connectivity index (χ0n) is 11.0. The van der Waals surface area contributed by atoms with Crippen molar-refractivity contribution in [2.24, 2.45) is 0 Å². The molecule has 3 aromatic rings. The highest BCUT2D eigenvalue weighted by Gasteiger charge is 2.12. The third-order valence-corrected chi connectivity index (χ3v) is 3.34. The number of hydrogen-bond acceptors (Lipinski definition) is 3. The Hall–Kier alpha value is -2.21. The summed E-state index contributed by atoms with van der Waals surface area (Å²) in [5, 5.41) is 0. The normalized spacial score (nSPS) is 10.9. The molecule has 6 heteroatoms. The Morgan fingerprint density at radius 2 is 2.10 bits per heavy atom. The molecule has 0 fully saturated rings. The fourth-order valence-electron chi connectivity index (χ4n) is 2.10. The van der Waals surface area contributed by atoms with Gasteiger partial charge in [-0.05, 0) is 42.9 Å². The minimum atomic E-state index is -0.341. The van der Waals surface area contributed by atoms with Crippen LogP contribution in [0.15, 0.2) is 30.3 Å². The summed E-state index contributed by atoms with van der Waals surface area (Å²) in [6, 6.07) is 8.52. The first-order valence-corrected chi connectivity index (χ1v) is 6.43. The molecule has 0 aliphatic heterocycles. The lowest BCUT2D eigenvalue weighted by Gasteiger charge is -2.07. The van der Waals surface area contributed by atoms with E-state index >= 15 is 0 Å². The molecule has 0 atom stereocenters. The number of imidazole rings is 1. The number of ether oxygens (including phenoxy) is 1. The van der Waals surface area contributed by atoms with E-state index in [2.05, 4.69) is 9.97 Å². The number of halogens is 1. The maximum atomic E-state index is 14.2. The van der Waals surface area contributed by atoms with Gasteiger partial charge < -0.3 is 9.72 Å². The summed E-state index contributed by atoms with van der Waals surface area (Å²) in [5.74, 6) is 0.111. The van der Waals surface area contributed by atoms with Gasteiger partial charge in [0.05, 0.1) is 18.3 Å². The highest BCUT2D eigenvalue weighted by molar-refractivity contribution is 7.71. The van der Waals surface area contributed by atoms with E-state index in [0.717, 1.165) is 11.1 Å². The number of aryl methyl sites for hydroxylation is 1. The molecule has 0 saturated heterocycles. The number of fused-ring (bicyclic) bond motifs is 1. The molecule has 0 radical (unpaired) electrons. The van der Waals surface area contributed by atoms with Crippen molar-refractivity contribution in [3.63, 3.8) is 0 Å². The number of pyridine rings is 1. The number of hydrogen-bond donors (Lipinski definition) is 1. The molecule has 0 bridgehead atoms. The van der Waals surface area contributed by atoms with Crippen LogP contribution in [0, 0.1) is 17.5 Å². The molecule has 0 unspecified atom stereocenters. The van der Waals surface area contributed by atoms with Crippen molar-refractivity contribution in [2.45, 2.75) is 6.92 Å². The summed E-state index contributed by atoms with van der Waals surface area (Å²) < 4.78 is 21.2. The van der Waals surface area contributed by atoms with Gasteiger partial charge in [-0.2, -0.15) is 4.98 Å². The molecule has 1 N–H and O–H groups in total. The molecule has 0 saturated carbocycles. The molecule has 0 aliphatic carbocycles. The number of benzene rings is 1. The van der Waals surface area contributed by atoms with E-state index in [1.54, 1.807) is 22.8 Å². The van der Waals surface area contributed by atoms with Crippen molar-refractivity contribution in [2.75, 3.05) is 7.11 Å². The number of nitrogens with one attached hydrogen (secondary N) is 1. The van der Waals surface area contributed by atoms with Gasteiger partial charge >= 0.3 is 0 Å².